The predicted molar refractivity (Wildman–Crippen MR) is 70.5 cm³/mol. The number of aromatic amines is 1. The van der Waals surface area contributed by atoms with E-state index in [-0.39, 0.29) is 17.2 Å². The van der Waals surface area contributed by atoms with E-state index in [9.17, 15) is 13.2 Å². The van der Waals surface area contributed by atoms with Crippen molar-refractivity contribution in [3.8, 4) is 11.3 Å². The lowest BCUT2D eigenvalue weighted by atomic mass is 10.1. The lowest BCUT2D eigenvalue weighted by molar-refractivity contribution is -0.140. The first-order valence-electron chi connectivity index (χ1n) is 6.45. The number of hydrogen-bond acceptors (Lipinski definition) is 5. The van der Waals surface area contributed by atoms with Crippen molar-refractivity contribution < 1.29 is 13.2 Å². The van der Waals surface area contributed by atoms with Crippen molar-refractivity contribution in [2.45, 2.75) is 19.0 Å². The number of nitrogens with one attached hydrogen (secondary N) is 1. The molecule has 1 fully saturated rings. The molecule has 3 rings (SSSR count). The molecular formula is C12H13F3N6. The van der Waals surface area contributed by atoms with Gasteiger partial charge in [-0.3, -0.25) is 5.10 Å². The summed E-state index contributed by atoms with van der Waals surface area (Å²) < 4.78 is 38.7. The highest BCUT2D eigenvalue weighted by molar-refractivity contribution is 5.66. The SMILES string of the molecule is Nc1nc(-c2cn[nH]c2C(F)(F)F)cc(N2CCCC2)n1. The van der Waals surface area contributed by atoms with Gasteiger partial charge in [0.2, 0.25) is 5.95 Å². The van der Waals surface area contributed by atoms with Crippen LogP contribution < -0.4 is 10.6 Å². The standard InChI is InChI=1S/C12H13F3N6/c13-12(14,15)10-7(6-17-20-10)8-5-9(19-11(16)18-8)21-3-1-2-4-21/h5-6H,1-4H2,(H,17,20)(H2,16,18,19). The van der Waals surface area contributed by atoms with Crippen molar-refractivity contribution in [1.29, 1.82) is 0 Å². The molecule has 0 aliphatic carbocycles. The fourth-order valence-corrected chi connectivity index (χ4v) is 2.40. The zero-order valence-corrected chi connectivity index (χ0v) is 11.0. The van der Waals surface area contributed by atoms with Gasteiger partial charge in [-0.2, -0.15) is 23.3 Å². The van der Waals surface area contributed by atoms with Crippen LogP contribution in [0.1, 0.15) is 18.5 Å². The van der Waals surface area contributed by atoms with Gasteiger partial charge < -0.3 is 10.6 Å². The van der Waals surface area contributed by atoms with Crippen LogP contribution in [0.5, 0.6) is 0 Å². The summed E-state index contributed by atoms with van der Waals surface area (Å²) in [5.41, 5.74) is 4.68. The predicted octanol–water partition coefficient (Wildman–Crippen LogP) is 2.07. The second-order valence-corrected chi connectivity index (χ2v) is 4.82. The molecule has 3 heterocycles. The minimum atomic E-state index is -4.53. The number of H-pyrrole nitrogens is 1. The number of halogens is 3. The van der Waals surface area contributed by atoms with Crippen LogP contribution in [0.4, 0.5) is 24.9 Å². The fourth-order valence-electron chi connectivity index (χ4n) is 2.40. The summed E-state index contributed by atoms with van der Waals surface area (Å²) in [6.07, 6.45) is -1.38. The van der Waals surface area contributed by atoms with Crippen molar-refractivity contribution in [1.82, 2.24) is 20.2 Å². The average Bonchev–Trinajstić information content (AvgIpc) is 3.09. The Balaban J connectivity index is 2.05. The van der Waals surface area contributed by atoms with E-state index >= 15 is 0 Å². The Labute approximate surface area is 118 Å². The summed E-state index contributed by atoms with van der Waals surface area (Å²) >= 11 is 0. The van der Waals surface area contributed by atoms with E-state index in [0.29, 0.717) is 5.82 Å². The molecule has 112 valence electrons. The molecule has 1 aliphatic rings. The summed E-state index contributed by atoms with van der Waals surface area (Å²) in [4.78, 5) is 9.98. The molecule has 9 heteroatoms. The topological polar surface area (TPSA) is 83.7 Å². The number of alkyl halides is 3. The molecule has 1 saturated heterocycles. The quantitative estimate of drug-likeness (QED) is 0.886. The molecule has 1 aliphatic heterocycles. The number of aromatic nitrogens is 4. The van der Waals surface area contributed by atoms with Crippen LogP contribution in [0.15, 0.2) is 12.3 Å². The molecule has 2 aromatic heterocycles. The number of nitrogen functional groups attached to an aromatic ring is 1. The van der Waals surface area contributed by atoms with E-state index in [1.54, 1.807) is 0 Å². The number of nitrogens with two attached hydrogens (primary N) is 1. The normalized spacial score (nSPS) is 15.7. The van der Waals surface area contributed by atoms with Gasteiger partial charge in [0.25, 0.3) is 0 Å². The summed E-state index contributed by atoms with van der Waals surface area (Å²) in [5.74, 6) is 0.494. The van der Waals surface area contributed by atoms with Crippen molar-refractivity contribution in [2.24, 2.45) is 0 Å². The van der Waals surface area contributed by atoms with Crippen LogP contribution in [0.25, 0.3) is 11.3 Å². The first-order valence-corrected chi connectivity index (χ1v) is 6.45. The van der Waals surface area contributed by atoms with Gasteiger partial charge in [-0.1, -0.05) is 0 Å². The van der Waals surface area contributed by atoms with Gasteiger partial charge in [0, 0.05) is 19.2 Å². The Morgan fingerprint density at radius 2 is 1.90 bits per heavy atom. The van der Waals surface area contributed by atoms with Gasteiger partial charge in [0.05, 0.1) is 17.5 Å². The van der Waals surface area contributed by atoms with Crippen molar-refractivity contribution in [3.05, 3.63) is 18.0 Å². The van der Waals surface area contributed by atoms with E-state index in [2.05, 4.69) is 15.1 Å². The maximum atomic E-state index is 12.9. The molecule has 0 aromatic carbocycles. The third-order valence-electron chi connectivity index (χ3n) is 3.36. The number of hydrogen-bond donors (Lipinski definition) is 2. The lowest BCUT2D eigenvalue weighted by Gasteiger charge is -2.17. The smallest absolute Gasteiger partial charge is 0.368 e. The van der Waals surface area contributed by atoms with Crippen LogP contribution in [-0.4, -0.2) is 33.3 Å². The second kappa shape index (κ2) is 4.90. The molecule has 0 bridgehead atoms. The van der Waals surface area contributed by atoms with Gasteiger partial charge >= 0.3 is 6.18 Å². The molecule has 3 N–H and O–H groups in total. The monoisotopic (exact) mass is 298 g/mol. The van der Waals surface area contributed by atoms with Crippen molar-refractivity contribution >= 4 is 11.8 Å². The van der Waals surface area contributed by atoms with Gasteiger partial charge in [-0.15, -0.1) is 0 Å². The first-order chi connectivity index (χ1) is 9.95. The molecule has 0 atom stereocenters. The zero-order valence-electron chi connectivity index (χ0n) is 11.0. The van der Waals surface area contributed by atoms with Crippen LogP contribution in [0, 0.1) is 0 Å². The van der Waals surface area contributed by atoms with Crippen molar-refractivity contribution in [2.75, 3.05) is 23.7 Å². The van der Waals surface area contributed by atoms with E-state index in [4.69, 9.17) is 5.73 Å². The Kier molecular flexibility index (Phi) is 3.19. The largest absolute Gasteiger partial charge is 0.433 e. The maximum Gasteiger partial charge on any atom is 0.433 e. The fraction of sp³-hybridized carbons (Fsp3) is 0.417. The zero-order chi connectivity index (χ0) is 15.0. The van der Waals surface area contributed by atoms with Crippen LogP contribution in [-0.2, 0) is 6.18 Å². The van der Waals surface area contributed by atoms with Crippen LogP contribution in [0.3, 0.4) is 0 Å². The Hall–Kier alpha value is -2.32. The summed E-state index contributed by atoms with van der Waals surface area (Å²) in [6.45, 7) is 1.63. The van der Waals surface area contributed by atoms with Gasteiger partial charge in [-0.25, -0.2) is 4.98 Å². The number of nitrogens with zero attached hydrogens (tertiary/aromatic N) is 4. The molecule has 2 aromatic rings. The molecule has 0 spiro atoms. The van der Waals surface area contributed by atoms with E-state index < -0.39 is 11.9 Å². The number of anilines is 2. The molecule has 0 saturated carbocycles. The molecular weight excluding hydrogens is 285 g/mol. The lowest BCUT2D eigenvalue weighted by Crippen LogP contribution is -2.20. The highest BCUT2D eigenvalue weighted by Gasteiger charge is 2.36. The molecule has 0 radical (unpaired) electrons. The number of rotatable bonds is 2. The van der Waals surface area contributed by atoms with E-state index in [0.717, 1.165) is 32.1 Å². The Morgan fingerprint density at radius 1 is 1.19 bits per heavy atom. The van der Waals surface area contributed by atoms with E-state index in [1.807, 2.05) is 10.00 Å². The van der Waals surface area contributed by atoms with Crippen LogP contribution in [0.2, 0.25) is 0 Å². The summed E-state index contributed by atoms with van der Waals surface area (Å²) in [5, 5.41) is 5.42. The van der Waals surface area contributed by atoms with Gasteiger partial charge in [0.15, 0.2) is 0 Å². The summed E-state index contributed by atoms with van der Waals surface area (Å²) in [6, 6.07) is 1.52. The average molecular weight is 298 g/mol. The van der Waals surface area contributed by atoms with Gasteiger partial charge in [-0.05, 0) is 12.8 Å². The van der Waals surface area contributed by atoms with E-state index in [1.165, 1.54) is 6.07 Å². The Bertz CT molecular complexity index is 645. The minimum absolute atomic E-state index is 0.0521. The third kappa shape index (κ3) is 2.63. The summed E-state index contributed by atoms with van der Waals surface area (Å²) in [7, 11) is 0. The Morgan fingerprint density at radius 3 is 2.57 bits per heavy atom. The molecule has 21 heavy (non-hydrogen) atoms. The molecule has 0 unspecified atom stereocenters. The highest BCUT2D eigenvalue weighted by Crippen LogP contribution is 2.35. The highest BCUT2D eigenvalue weighted by atomic mass is 19.4. The maximum absolute atomic E-state index is 12.9. The molecule has 0 amide bonds. The second-order valence-electron chi connectivity index (χ2n) is 4.82. The van der Waals surface area contributed by atoms with Crippen LogP contribution >= 0.6 is 0 Å². The third-order valence-corrected chi connectivity index (χ3v) is 3.36. The van der Waals surface area contributed by atoms with Crippen molar-refractivity contribution in [3.63, 3.8) is 0 Å². The first kappa shape index (κ1) is 13.7. The molecule has 6 nitrogen and oxygen atoms in total. The van der Waals surface area contributed by atoms with Gasteiger partial charge in [0.1, 0.15) is 11.5 Å². The minimum Gasteiger partial charge on any atom is -0.368 e.